The van der Waals surface area contributed by atoms with Crippen molar-refractivity contribution < 1.29 is 4.74 Å². The Hall–Kier alpha value is 0.630. The number of aromatic nitrogens is 2. The number of rotatable bonds is 2. The van der Waals surface area contributed by atoms with Gasteiger partial charge in [0.1, 0.15) is 19.8 Å². The fourth-order valence-corrected chi connectivity index (χ4v) is 1.44. The molecule has 0 aliphatic rings. The molecule has 0 atom stereocenters. The van der Waals surface area contributed by atoms with Crippen LogP contribution in [0.15, 0.2) is 0 Å². The lowest BCUT2D eigenvalue weighted by molar-refractivity contribution is 0.178. The average Bonchev–Trinajstić information content (AvgIpc) is 2.14. The number of hydrogen-bond donors (Lipinski definition) is 1. The van der Waals surface area contributed by atoms with Gasteiger partial charge in [-0.05, 0) is 45.2 Å². The Morgan fingerprint density at radius 3 is 2.70 bits per heavy atom. The van der Waals surface area contributed by atoms with Gasteiger partial charge < -0.3 is 9.72 Å². The zero-order valence-corrected chi connectivity index (χ0v) is 9.63. The number of nitrogens with zero attached hydrogens (tertiary/aromatic N) is 1. The number of methoxy groups -OCH3 is 1. The first-order valence-corrected chi connectivity index (χ1v) is 4.78. The molecule has 0 aliphatic heterocycles. The summed E-state index contributed by atoms with van der Waals surface area (Å²) in [6, 6.07) is 0. The third-order valence-electron chi connectivity index (χ3n) is 0.949. The summed E-state index contributed by atoms with van der Waals surface area (Å²) in [5.41, 5.74) is 0. The molecular formula is C5H6I2N2O. The molecule has 1 heterocycles. The molecule has 0 aliphatic carbocycles. The van der Waals surface area contributed by atoms with Crippen molar-refractivity contribution in [3.8, 4) is 0 Å². The monoisotopic (exact) mass is 364 g/mol. The zero-order valence-electron chi connectivity index (χ0n) is 5.32. The molecule has 0 radical (unpaired) electrons. The average molecular weight is 364 g/mol. The van der Waals surface area contributed by atoms with Crippen molar-refractivity contribution in [2.24, 2.45) is 0 Å². The van der Waals surface area contributed by atoms with Crippen LogP contribution >= 0.6 is 45.2 Å². The van der Waals surface area contributed by atoms with Crippen LogP contribution in [-0.2, 0) is 11.3 Å². The van der Waals surface area contributed by atoms with Crippen LogP contribution in [0.3, 0.4) is 0 Å². The maximum atomic E-state index is 4.90. The molecule has 0 unspecified atom stereocenters. The van der Waals surface area contributed by atoms with Crippen molar-refractivity contribution >= 4 is 45.2 Å². The van der Waals surface area contributed by atoms with Crippen molar-refractivity contribution in [3.05, 3.63) is 13.2 Å². The summed E-state index contributed by atoms with van der Waals surface area (Å²) in [7, 11) is 1.66. The van der Waals surface area contributed by atoms with Crippen molar-refractivity contribution in [1.82, 2.24) is 9.97 Å². The Morgan fingerprint density at radius 1 is 1.60 bits per heavy atom. The normalized spacial score (nSPS) is 10.3. The van der Waals surface area contributed by atoms with E-state index < -0.39 is 0 Å². The lowest BCUT2D eigenvalue weighted by Crippen LogP contribution is -1.89. The number of aromatic amines is 1. The van der Waals surface area contributed by atoms with Gasteiger partial charge >= 0.3 is 0 Å². The molecule has 0 saturated carbocycles. The first-order chi connectivity index (χ1) is 4.74. The van der Waals surface area contributed by atoms with Gasteiger partial charge in [-0.25, -0.2) is 4.98 Å². The van der Waals surface area contributed by atoms with Gasteiger partial charge in [0, 0.05) is 7.11 Å². The summed E-state index contributed by atoms with van der Waals surface area (Å²) in [6.45, 7) is 0.555. The molecule has 0 amide bonds. The number of hydrogen-bond acceptors (Lipinski definition) is 2. The highest BCUT2D eigenvalue weighted by molar-refractivity contribution is 14.1. The van der Waals surface area contributed by atoms with Crippen molar-refractivity contribution in [2.45, 2.75) is 6.61 Å². The van der Waals surface area contributed by atoms with Crippen LogP contribution < -0.4 is 0 Å². The molecule has 1 rings (SSSR count). The fraction of sp³-hybridized carbons (Fsp3) is 0.400. The van der Waals surface area contributed by atoms with E-state index in [4.69, 9.17) is 4.74 Å². The number of ether oxygens (including phenoxy) is 1. The molecule has 56 valence electrons. The Kier molecular flexibility index (Phi) is 3.37. The van der Waals surface area contributed by atoms with Crippen molar-refractivity contribution in [3.63, 3.8) is 0 Å². The number of H-pyrrole nitrogens is 1. The van der Waals surface area contributed by atoms with E-state index in [1.807, 2.05) is 0 Å². The number of imidazole rings is 1. The zero-order chi connectivity index (χ0) is 7.56. The predicted octanol–water partition coefficient (Wildman–Crippen LogP) is 1.77. The Balaban J connectivity index is 2.77. The predicted molar refractivity (Wildman–Crippen MR) is 54.7 cm³/mol. The van der Waals surface area contributed by atoms with E-state index in [9.17, 15) is 0 Å². The fourth-order valence-electron chi connectivity index (χ4n) is 0.579. The highest BCUT2D eigenvalue weighted by atomic mass is 127. The third kappa shape index (κ3) is 2.06. The lowest BCUT2D eigenvalue weighted by atomic mass is 10.7. The summed E-state index contributed by atoms with van der Waals surface area (Å²) in [4.78, 5) is 7.29. The molecular weight excluding hydrogens is 358 g/mol. The Bertz CT molecular complexity index is 204. The quantitative estimate of drug-likeness (QED) is 0.813. The molecule has 1 N–H and O–H groups in total. The standard InChI is InChI=1S/C5H6I2N2O/c1-10-2-3-8-4(6)5(7)9-3/h2H2,1H3,(H,8,9). The smallest absolute Gasteiger partial charge is 0.134 e. The van der Waals surface area contributed by atoms with Gasteiger partial charge in [-0.1, -0.05) is 0 Å². The Labute approximate surface area is 86.2 Å². The summed E-state index contributed by atoms with van der Waals surface area (Å²) in [5.74, 6) is 0.885. The van der Waals surface area contributed by atoms with Crippen LogP contribution in [0.4, 0.5) is 0 Å². The van der Waals surface area contributed by atoms with Gasteiger partial charge in [-0.3, -0.25) is 0 Å². The Morgan fingerprint density at radius 2 is 2.30 bits per heavy atom. The third-order valence-corrected chi connectivity index (χ3v) is 3.54. The van der Waals surface area contributed by atoms with E-state index in [2.05, 4.69) is 55.1 Å². The molecule has 10 heavy (non-hydrogen) atoms. The molecule has 0 saturated heterocycles. The number of halogens is 2. The number of nitrogens with one attached hydrogen (secondary N) is 1. The summed E-state index contributed by atoms with van der Waals surface area (Å²) < 4.78 is 6.97. The van der Waals surface area contributed by atoms with E-state index in [1.165, 1.54) is 0 Å². The van der Waals surface area contributed by atoms with Crippen molar-refractivity contribution in [2.75, 3.05) is 7.11 Å². The molecule has 3 nitrogen and oxygen atoms in total. The second kappa shape index (κ2) is 3.86. The SMILES string of the molecule is COCc1nc(I)c(I)[nH]1. The largest absolute Gasteiger partial charge is 0.377 e. The second-order valence-corrected chi connectivity index (χ2v) is 3.82. The lowest BCUT2D eigenvalue weighted by Gasteiger charge is -1.89. The van der Waals surface area contributed by atoms with Crippen LogP contribution in [0.25, 0.3) is 0 Å². The molecule has 0 aromatic carbocycles. The summed E-state index contributed by atoms with van der Waals surface area (Å²) >= 11 is 4.38. The van der Waals surface area contributed by atoms with Gasteiger partial charge in [0.15, 0.2) is 0 Å². The molecule has 0 bridgehead atoms. The van der Waals surface area contributed by atoms with Crippen molar-refractivity contribution in [1.29, 1.82) is 0 Å². The molecule has 0 spiro atoms. The first kappa shape index (κ1) is 8.72. The first-order valence-electron chi connectivity index (χ1n) is 2.63. The van der Waals surface area contributed by atoms with Gasteiger partial charge in [0.2, 0.25) is 0 Å². The van der Waals surface area contributed by atoms with E-state index >= 15 is 0 Å². The van der Waals surface area contributed by atoms with E-state index in [0.29, 0.717) is 6.61 Å². The molecule has 1 aromatic heterocycles. The van der Waals surface area contributed by atoms with E-state index in [-0.39, 0.29) is 0 Å². The molecule has 1 aromatic rings. The summed E-state index contributed by atoms with van der Waals surface area (Å²) in [5, 5.41) is 0. The van der Waals surface area contributed by atoms with Crippen LogP contribution in [0.2, 0.25) is 0 Å². The van der Waals surface area contributed by atoms with Crippen LogP contribution in [0.1, 0.15) is 5.82 Å². The van der Waals surface area contributed by atoms with Gasteiger partial charge in [-0.15, -0.1) is 0 Å². The highest BCUT2D eigenvalue weighted by Gasteiger charge is 2.02. The topological polar surface area (TPSA) is 37.9 Å². The molecule has 5 heteroatoms. The van der Waals surface area contributed by atoms with Crippen LogP contribution in [0, 0.1) is 7.40 Å². The van der Waals surface area contributed by atoms with E-state index in [1.54, 1.807) is 7.11 Å². The minimum Gasteiger partial charge on any atom is -0.377 e. The van der Waals surface area contributed by atoms with Gasteiger partial charge in [0.05, 0.1) is 0 Å². The second-order valence-electron chi connectivity index (χ2n) is 1.72. The maximum Gasteiger partial charge on any atom is 0.134 e. The van der Waals surface area contributed by atoms with Gasteiger partial charge in [-0.2, -0.15) is 0 Å². The minimum absolute atomic E-state index is 0.555. The van der Waals surface area contributed by atoms with Crippen LogP contribution in [-0.4, -0.2) is 17.1 Å². The summed E-state index contributed by atoms with van der Waals surface area (Å²) in [6.07, 6.45) is 0. The highest BCUT2D eigenvalue weighted by Crippen LogP contribution is 2.11. The maximum absolute atomic E-state index is 4.90. The van der Waals surface area contributed by atoms with Crippen LogP contribution in [0.5, 0.6) is 0 Å². The van der Waals surface area contributed by atoms with Gasteiger partial charge in [0.25, 0.3) is 0 Å². The molecule has 0 fully saturated rings. The van der Waals surface area contributed by atoms with E-state index in [0.717, 1.165) is 13.2 Å². The minimum atomic E-state index is 0.555.